The summed E-state index contributed by atoms with van der Waals surface area (Å²) < 4.78 is 1.71. The van der Waals surface area contributed by atoms with Crippen LogP contribution in [0.25, 0.3) is 33.1 Å². The van der Waals surface area contributed by atoms with Crippen molar-refractivity contribution in [1.29, 1.82) is 0 Å². The Morgan fingerprint density at radius 3 is 2.74 bits per heavy atom. The third-order valence-electron chi connectivity index (χ3n) is 6.14. The SMILES string of the molecule is CCc1cc2c(cc1C)c(-c1ccc[nH]c1=O)c(C(=O)O)n2Cc1cc2cccnc2nc1Cl. The lowest BCUT2D eigenvalue weighted by molar-refractivity contribution is 0.0687. The second kappa shape index (κ2) is 8.43. The van der Waals surface area contributed by atoms with Gasteiger partial charge < -0.3 is 14.7 Å². The molecule has 4 aromatic heterocycles. The number of benzene rings is 1. The van der Waals surface area contributed by atoms with Crippen molar-refractivity contribution in [3.05, 3.63) is 92.7 Å². The Bertz CT molecular complexity index is 1650. The molecule has 0 spiro atoms. The minimum atomic E-state index is -1.13. The van der Waals surface area contributed by atoms with E-state index in [1.54, 1.807) is 22.9 Å². The van der Waals surface area contributed by atoms with Crippen molar-refractivity contribution >= 4 is 39.5 Å². The largest absolute Gasteiger partial charge is 0.477 e. The van der Waals surface area contributed by atoms with Crippen molar-refractivity contribution < 1.29 is 9.90 Å². The molecule has 0 radical (unpaired) electrons. The van der Waals surface area contributed by atoms with Crippen LogP contribution < -0.4 is 5.56 Å². The number of carboxylic acids is 1. The number of rotatable bonds is 5. The second-order valence-corrected chi connectivity index (χ2v) is 8.52. The summed E-state index contributed by atoms with van der Waals surface area (Å²) in [6.45, 7) is 4.22. The van der Waals surface area contributed by atoms with Crippen LogP contribution in [0.15, 0.2) is 59.7 Å². The normalized spacial score (nSPS) is 11.4. The molecule has 170 valence electrons. The van der Waals surface area contributed by atoms with E-state index in [-0.39, 0.29) is 23.0 Å². The number of hydrogen-bond donors (Lipinski definition) is 2. The van der Waals surface area contributed by atoms with Crippen molar-refractivity contribution in [2.75, 3.05) is 0 Å². The number of nitrogens with one attached hydrogen (secondary N) is 1. The third-order valence-corrected chi connectivity index (χ3v) is 6.46. The van der Waals surface area contributed by atoms with Gasteiger partial charge in [-0.05, 0) is 66.9 Å². The Kier molecular flexibility index (Phi) is 5.42. The summed E-state index contributed by atoms with van der Waals surface area (Å²) in [4.78, 5) is 36.6. The lowest BCUT2D eigenvalue weighted by Gasteiger charge is -2.12. The van der Waals surface area contributed by atoms with Gasteiger partial charge in [-0.25, -0.2) is 14.8 Å². The van der Waals surface area contributed by atoms with E-state index < -0.39 is 5.97 Å². The van der Waals surface area contributed by atoms with Crippen molar-refractivity contribution in [3.8, 4) is 11.1 Å². The van der Waals surface area contributed by atoms with E-state index in [4.69, 9.17) is 11.6 Å². The Labute approximate surface area is 199 Å². The first-order valence-corrected chi connectivity index (χ1v) is 11.2. The molecule has 5 rings (SSSR count). The van der Waals surface area contributed by atoms with Crippen molar-refractivity contribution in [3.63, 3.8) is 0 Å². The Hall–Kier alpha value is -3.97. The van der Waals surface area contributed by atoms with Gasteiger partial charge in [-0.15, -0.1) is 0 Å². The van der Waals surface area contributed by atoms with Crippen LogP contribution in [0.2, 0.25) is 5.15 Å². The average molecular weight is 473 g/mol. The van der Waals surface area contributed by atoms with E-state index in [0.29, 0.717) is 27.7 Å². The molecule has 5 aromatic rings. The monoisotopic (exact) mass is 472 g/mol. The van der Waals surface area contributed by atoms with Gasteiger partial charge >= 0.3 is 5.97 Å². The number of nitrogens with zero attached hydrogens (tertiary/aromatic N) is 3. The van der Waals surface area contributed by atoms with Gasteiger partial charge in [-0.2, -0.15) is 0 Å². The zero-order chi connectivity index (χ0) is 24.0. The molecule has 0 saturated carbocycles. The Morgan fingerprint density at radius 2 is 2.00 bits per heavy atom. The molecule has 0 fully saturated rings. The minimum absolute atomic E-state index is 0.0294. The topological polar surface area (TPSA) is 101 Å². The summed E-state index contributed by atoms with van der Waals surface area (Å²) in [5, 5.41) is 12.1. The molecule has 7 nitrogen and oxygen atoms in total. The average Bonchev–Trinajstić information content (AvgIpc) is 3.12. The van der Waals surface area contributed by atoms with Gasteiger partial charge in [0.1, 0.15) is 10.8 Å². The van der Waals surface area contributed by atoms with Crippen LogP contribution in [-0.4, -0.2) is 30.6 Å². The third kappa shape index (κ3) is 3.54. The Morgan fingerprint density at radius 1 is 1.18 bits per heavy atom. The lowest BCUT2D eigenvalue weighted by atomic mass is 9.98. The van der Waals surface area contributed by atoms with Gasteiger partial charge in [-0.1, -0.05) is 18.5 Å². The van der Waals surface area contributed by atoms with E-state index in [1.807, 2.05) is 37.3 Å². The first-order chi connectivity index (χ1) is 16.4. The van der Waals surface area contributed by atoms with Crippen molar-refractivity contribution in [2.24, 2.45) is 0 Å². The number of carbonyl (C=O) groups is 1. The fourth-order valence-corrected chi connectivity index (χ4v) is 4.71. The number of aryl methyl sites for hydroxylation is 2. The highest BCUT2D eigenvalue weighted by Gasteiger charge is 2.26. The van der Waals surface area contributed by atoms with Gasteiger partial charge in [0.15, 0.2) is 5.65 Å². The molecule has 4 heterocycles. The molecule has 0 aliphatic carbocycles. The summed E-state index contributed by atoms with van der Waals surface area (Å²) in [5.41, 5.74) is 4.42. The first-order valence-electron chi connectivity index (χ1n) is 10.9. The highest BCUT2D eigenvalue weighted by atomic mass is 35.5. The number of aromatic amines is 1. The molecule has 8 heteroatoms. The molecular formula is C26H21ClN4O3. The predicted octanol–water partition coefficient (Wildman–Crippen LogP) is 5.21. The number of hydrogen-bond acceptors (Lipinski definition) is 4. The number of H-pyrrole nitrogens is 1. The smallest absolute Gasteiger partial charge is 0.353 e. The van der Waals surface area contributed by atoms with E-state index in [2.05, 4.69) is 21.9 Å². The maximum atomic E-state index is 12.7. The molecule has 0 aliphatic rings. The fraction of sp³-hybridized carbons (Fsp3) is 0.154. The quantitative estimate of drug-likeness (QED) is 0.342. The maximum Gasteiger partial charge on any atom is 0.353 e. The highest BCUT2D eigenvalue weighted by Crippen LogP contribution is 2.36. The summed E-state index contributed by atoms with van der Waals surface area (Å²) >= 11 is 6.50. The number of aromatic carboxylic acids is 1. The molecule has 34 heavy (non-hydrogen) atoms. The van der Waals surface area contributed by atoms with Crippen molar-refractivity contribution in [1.82, 2.24) is 19.5 Å². The maximum absolute atomic E-state index is 12.7. The number of halogens is 1. The molecule has 1 aromatic carbocycles. The van der Waals surface area contributed by atoms with Crippen LogP contribution in [0.4, 0.5) is 0 Å². The van der Waals surface area contributed by atoms with Crippen LogP contribution in [0.5, 0.6) is 0 Å². The molecule has 2 N–H and O–H groups in total. The lowest BCUT2D eigenvalue weighted by Crippen LogP contribution is -2.14. The number of aromatic nitrogens is 4. The van der Waals surface area contributed by atoms with Gasteiger partial charge in [0.25, 0.3) is 5.56 Å². The number of carboxylic acid groups (broad SMARTS) is 1. The molecule has 0 bridgehead atoms. The number of fused-ring (bicyclic) bond motifs is 2. The van der Waals surface area contributed by atoms with Crippen LogP contribution in [0.3, 0.4) is 0 Å². The number of pyridine rings is 3. The predicted molar refractivity (Wildman–Crippen MR) is 133 cm³/mol. The van der Waals surface area contributed by atoms with Crippen LogP contribution in [0, 0.1) is 6.92 Å². The van der Waals surface area contributed by atoms with Crippen molar-refractivity contribution in [2.45, 2.75) is 26.8 Å². The summed E-state index contributed by atoms with van der Waals surface area (Å²) in [6, 6.07) is 12.9. The van der Waals surface area contributed by atoms with Gasteiger partial charge in [0, 0.05) is 45.4 Å². The molecule has 0 amide bonds. The summed E-state index contributed by atoms with van der Waals surface area (Å²) in [5.74, 6) is -1.13. The van der Waals surface area contributed by atoms with Crippen LogP contribution in [-0.2, 0) is 13.0 Å². The van der Waals surface area contributed by atoms with Gasteiger partial charge in [-0.3, -0.25) is 4.79 Å². The van der Waals surface area contributed by atoms with Crippen LogP contribution >= 0.6 is 11.6 Å². The van der Waals surface area contributed by atoms with Gasteiger partial charge in [0.2, 0.25) is 0 Å². The summed E-state index contributed by atoms with van der Waals surface area (Å²) in [6.07, 6.45) is 3.96. The van der Waals surface area contributed by atoms with E-state index >= 15 is 0 Å². The first kappa shape index (κ1) is 21.9. The summed E-state index contributed by atoms with van der Waals surface area (Å²) in [7, 11) is 0. The highest BCUT2D eigenvalue weighted by molar-refractivity contribution is 6.30. The zero-order valence-corrected chi connectivity index (χ0v) is 19.3. The fourth-order valence-electron chi connectivity index (χ4n) is 4.51. The van der Waals surface area contributed by atoms with E-state index in [1.165, 1.54) is 6.20 Å². The van der Waals surface area contributed by atoms with Crippen LogP contribution in [0.1, 0.15) is 34.1 Å². The second-order valence-electron chi connectivity index (χ2n) is 8.17. The molecule has 0 unspecified atom stereocenters. The molecular weight excluding hydrogens is 452 g/mol. The molecule has 0 atom stereocenters. The van der Waals surface area contributed by atoms with E-state index in [9.17, 15) is 14.7 Å². The van der Waals surface area contributed by atoms with Gasteiger partial charge in [0.05, 0.1) is 6.54 Å². The zero-order valence-electron chi connectivity index (χ0n) is 18.6. The standard InChI is InChI=1S/C26H21ClN4O3/c1-3-15-12-20-19(10-14(15)2)21(18-7-5-9-29-25(18)32)22(26(33)34)31(20)13-17-11-16-6-4-8-28-24(16)30-23(17)27/h4-12H,3,13H2,1-2H3,(H,29,32)(H,33,34). The Balaban J connectivity index is 1.85. The van der Waals surface area contributed by atoms with E-state index in [0.717, 1.165) is 28.5 Å². The molecule has 0 saturated heterocycles. The minimum Gasteiger partial charge on any atom is -0.477 e. The molecule has 0 aliphatic heterocycles.